The van der Waals surface area contributed by atoms with Crippen LogP contribution in [0.1, 0.15) is 13.3 Å². The number of carboxylic acids is 1. The highest BCUT2D eigenvalue weighted by atomic mass is 35.5. The van der Waals surface area contributed by atoms with Gasteiger partial charge in [-0.15, -0.1) is 0 Å². The summed E-state index contributed by atoms with van der Waals surface area (Å²) < 4.78 is 0. The number of hydrogen-bond donors (Lipinski definition) is 1. The Morgan fingerprint density at radius 2 is 2.47 bits per heavy atom. The average molecular weight is 228 g/mol. The summed E-state index contributed by atoms with van der Waals surface area (Å²) in [6, 6.07) is 0. The van der Waals surface area contributed by atoms with Gasteiger partial charge >= 0.3 is 5.97 Å². The van der Waals surface area contributed by atoms with Crippen LogP contribution in [-0.4, -0.2) is 39.2 Å². The van der Waals surface area contributed by atoms with E-state index in [4.69, 9.17) is 16.7 Å². The number of fused-ring (bicyclic) bond motifs is 1. The number of hydrogen-bond acceptors (Lipinski definition) is 4. The first-order chi connectivity index (χ1) is 6.98. The van der Waals surface area contributed by atoms with Crippen LogP contribution < -0.4 is 0 Å². The van der Waals surface area contributed by atoms with Crippen LogP contribution >= 0.6 is 11.6 Å². The fraction of sp³-hybridized carbons (Fsp3) is 0.444. The third-order valence-electron chi connectivity index (χ3n) is 2.26. The number of halogens is 1. The Hall–Kier alpha value is -1.36. The zero-order chi connectivity index (χ0) is 11.1. The largest absolute Gasteiger partial charge is 0.481 e. The molecular formula is C9H10ClN3O2. The van der Waals surface area contributed by atoms with Gasteiger partial charge in [0.25, 0.3) is 0 Å². The van der Waals surface area contributed by atoms with Crippen molar-refractivity contribution < 1.29 is 9.90 Å². The molecule has 0 aromatic carbocycles. The van der Waals surface area contributed by atoms with E-state index < -0.39 is 11.5 Å². The van der Waals surface area contributed by atoms with Crippen LogP contribution in [0.25, 0.3) is 0 Å². The highest BCUT2D eigenvalue weighted by molar-refractivity contribution is 6.68. The summed E-state index contributed by atoms with van der Waals surface area (Å²) in [5.74, 6) is -0.191. The normalized spacial score (nSPS) is 28.5. The molecule has 1 unspecified atom stereocenters. The van der Waals surface area contributed by atoms with Gasteiger partial charge in [0.1, 0.15) is 11.0 Å². The number of hydrazone groups is 1. The Kier molecular flexibility index (Phi) is 2.26. The summed E-state index contributed by atoms with van der Waals surface area (Å²) in [6.45, 7) is 2.25. The maximum atomic E-state index is 10.7. The molecule has 0 saturated carbocycles. The van der Waals surface area contributed by atoms with Gasteiger partial charge in [-0.25, -0.2) is 5.01 Å². The lowest BCUT2D eigenvalue weighted by molar-refractivity contribution is -0.138. The van der Waals surface area contributed by atoms with E-state index in [9.17, 15) is 4.79 Å². The van der Waals surface area contributed by atoms with Crippen LogP contribution in [0.5, 0.6) is 0 Å². The van der Waals surface area contributed by atoms with Crippen molar-refractivity contribution in [3.05, 3.63) is 12.2 Å². The summed E-state index contributed by atoms with van der Waals surface area (Å²) in [7, 11) is 0. The Morgan fingerprint density at radius 3 is 3.13 bits per heavy atom. The summed E-state index contributed by atoms with van der Waals surface area (Å²) in [5, 5.41) is 14.8. The minimum absolute atomic E-state index is 0.00597. The van der Waals surface area contributed by atoms with Crippen molar-refractivity contribution in [1.29, 1.82) is 0 Å². The molecule has 1 atom stereocenters. The summed E-state index contributed by atoms with van der Waals surface area (Å²) in [5.41, 5.74) is -0.615. The number of amidine groups is 1. The van der Waals surface area contributed by atoms with Crippen molar-refractivity contribution in [2.75, 3.05) is 6.54 Å². The molecular weight excluding hydrogens is 218 g/mol. The van der Waals surface area contributed by atoms with Gasteiger partial charge < -0.3 is 5.11 Å². The summed E-state index contributed by atoms with van der Waals surface area (Å²) >= 11 is 5.73. The predicted octanol–water partition coefficient (Wildman–Crippen LogP) is 1.06. The van der Waals surface area contributed by atoms with Crippen molar-refractivity contribution in [3.8, 4) is 0 Å². The average Bonchev–Trinajstić information content (AvgIpc) is 2.38. The maximum Gasteiger partial charge on any atom is 0.305 e. The monoisotopic (exact) mass is 227 g/mol. The number of aliphatic carboxylic acids is 1. The molecule has 2 rings (SSSR count). The molecule has 2 heterocycles. The molecule has 0 saturated heterocycles. The number of rotatable bonds is 2. The van der Waals surface area contributed by atoms with Crippen LogP contribution in [0.4, 0.5) is 0 Å². The van der Waals surface area contributed by atoms with Crippen molar-refractivity contribution in [1.82, 2.24) is 5.01 Å². The van der Waals surface area contributed by atoms with Crippen LogP contribution in [0.15, 0.2) is 22.2 Å². The molecule has 5 nitrogen and oxygen atoms in total. The molecule has 15 heavy (non-hydrogen) atoms. The topological polar surface area (TPSA) is 65.3 Å². The zero-order valence-electron chi connectivity index (χ0n) is 8.14. The molecule has 0 fully saturated rings. The van der Waals surface area contributed by atoms with Crippen molar-refractivity contribution in [2.45, 2.75) is 18.9 Å². The second-order valence-corrected chi connectivity index (χ2v) is 4.24. The standard InChI is InChI=1S/C9H10ClN3O2/c1-9(4-8(14)15)5-13-7(11-9)3-2-6(10)12-13/h2-3H,4-5H2,1H3,(H,14,15). The summed E-state index contributed by atoms with van der Waals surface area (Å²) in [6.07, 6.45) is 3.37. The molecule has 0 amide bonds. The van der Waals surface area contributed by atoms with E-state index >= 15 is 0 Å². The minimum atomic E-state index is -0.860. The fourth-order valence-corrected chi connectivity index (χ4v) is 1.85. The molecule has 0 aromatic heterocycles. The molecule has 0 spiro atoms. The van der Waals surface area contributed by atoms with E-state index in [0.717, 1.165) is 0 Å². The van der Waals surface area contributed by atoms with Gasteiger partial charge in [0.05, 0.1) is 18.5 Å². The molecule has 0 bridgehead atoms. The first-order valence-corrected chi connectivity index (χ1v) is 4.88. The van der Waals surface area contributed by atoms with Crippen LogP contribution in [0.3, 0.4) is 0 Å². The molecule has 80 valence electrons. The molecule has 2 aliphatic heterocycles. The lowest BCUT2D eigenvalue weighted by Gasteiger charge is -2.20. The Labute approximate surface area is 91.7 Å². The van der Waals surface area contributed by atoms with E-state index in [1.807, 2.05) is 0 Å². The van der Waals surface area contributed by atoms with Gasteiger partial charge in [0, 0.05) is 0 Å². The maximum absolute atomic E-state index is 10.7. The van der Waals surface area contributed by atoms with Crippen LogP contribution in [-0.2, 0) is 4.79 Å². The third kappa shape index (κ3) is 2.02. The number of aliphatic imine (C=N–C) groups is 1. The lowest BCUT2D eigenvalue weighted by atomic mass is 10.0. The van der Waals surface area contributed by atoms with Gasteiger partial charge in [-0.05, 0) is 19.1 Å². The highest BCUT2D eigenvalue weighted by Crippen LogP contribution is 2.26. The van der Waals surface area contributed by atoms with Gasteiger partial charge in [0.2, 0.25) is 0 Å². The molecule has 0 aromatic rings. The van der Waals surface area contributed by atoms with Crippen molar-refractivity contribution >= 4 is 28.6 Å². The fourth-order valence-electron chi connectivity index (χ4n) is 1.70. The van der Waals surface area contributed by atoms with Gasteiger partial charge in [-0.3, -0.25) is 9.79 Å². The van der Waals surface area contributed by atoms with E-state index in [0.29, 0.717) is 17.6 Å². The van der Waals surface area contributed by atoms with Crippen LogP contribution in [0, 0.1) is 0 Å². The summed E-state index contributed by atoms with van der Waals surface area (Å²) in [4.78, 5) is 15.0. The lowest BCUT2D eigenvalue weighted by Crippen LogP contribution is -2.33. The Morgan fingerprint density at radius 1 is 1.73 bits per heavy atom. The highest BCUT2D eigenvalue weighted by Gasteiger charge is 2.37. The Balaban J connectivity index is 2.21. The van der Waals surface area contributed by atoms with Crippen molar-refractivity contribution in [2.24, 2.45) is 10.1 Å². The smallest absolute Gasteiger partial charge is 0.305 e. The first kappa shape index (κ1) is 10.2. The van der Waals surface area contributed by atoms with Gasteiger partial charge in [-0.2, -0.15) is 5.10 Å². The predicted molar refractivity (Wildman–Crippen MR) is 57.2 cm³/mol. The number of allylic oxidation sites excluding steroid dienone is 1. The second kappa shape index (κ2) is 3.34. The zero-order valence-corrected chi connectivity index (χ0v) is 8.90. The number of nitrogens with zero attached hydrogens (tertiary/aromatic N) is 3. The van der Waals surface area contributed by atoms with E-state index in [1.54, 1.807) is 24.1 Å². The quantitative estimate of drug-likeness (QED) is 0.767. The van der Waals surface area contributed by atoms with Crippen molar-refractivity contribution in [3.63, 3.8) is 0 Å². The van der Waals surface area contributed by atoms with Gasteiger partial charge in [0.15, 0.2) is 0 Å². The van der Waals surface area contributed by atoms with E-state index in [1.165, 1.54) is 0 Å². The SMILES string of the molecule is CC1(CC(=O)O)CN2N=C(Cl)C=CC2=N1. The first-order valence-electron chi connectivity index (χ1n) is 4.50. The molecule has 0 aliphatic carbocycles. The van der Waals surface area contributed by atoms with E-state index in [2.05, 4.69) is 10.1 Å². The number of carbonyl (C=O) groups is 1. The van der Waals surface area contributed by atoms with Gasteiger partial charge in [-0.1, -0.05) is 11.6 Å². The third-order valence-corrected chi connectivity index (χ3v) is 2.46. The minimum Gasteiger partial charge on any atom is -0.481 e. The molecule has 0 radical (unpaired) electrons. The second-order valence-electron chi connectivity index (χ2n) is 3.85. The van der Waals surface area contributed by atoms with Crippen LogP contribution in [0.2, 0.25) is 0 Å². The Bertz CT molecular complexity index is 402. The molecule has 6 heteroatoms. The van der Waals surface area contributed by atoms with E-state index in [-0.39, 0.29) is 6.42 Å². The molecule has 2 aliphatic rings. The number of carboxylic acid groups (broad SMARTS) is 1. The molecule has 1 N–H and O–H groups in total.